The van der Waals surface area contributed by atoms with Crippen LogP contribution in [0.1, 0.15) is 51.4 Å². The molecule has 0 radical (unpaired) electrons. The SMILES string of the molecule is O=S(=O)(NC[C@@H]1C[C@@H]2CC[C@@H]1C2)C1CCCC1. The van der Waals surface area contributed by atoms with Crippen molar-refractivity contribution in [1.82, 2.24) is 4.72 Å². The first-order valence-electron chi connectivity index (χ1n) is 7.13. The lowest BCUT2D eigenvalue weighted by atomic mass is 9.89. The van der Waals surface area contributed by atoms with Crippen molar-refractivity contribution in [2.24, 2.45) is 17.8 Å². The highest BCUT2D eigenvalue weighted by Gasteiger charge is 2.40. The first-order chi connectivity index (χ1) is 8.15. The second-order valence-corrected chi connectivity index (χ2v) is 8.28. The fourth-order valence-corrected chi connectivity index (χ4v) is 5.80. The lowest BCUT2D eigenvalue weighted by molar-refractivity contribution is 0.332. The van der Waals surface area contributed by atoms with Gasteiger partial charge in [-0.25, -0.2) is 13.1 Å². The fourth-order valence-electron chi connectivity index (χ4n) is 4.17. The number of sulfonamides is 1. The molecule has 3 fully saturated rings. The average molecular weight is 257 g/mol. The topological polar surface area (TPSA) is 46.2 Å². The van der Waals surface area contributed by atoms with Gasteiger partial charge in [-0.3, -0.25) is 0 Å². The molecule has 0 aromatic carbocycles. The van der Waals surface area contributed by atoms with Crippen molar-refractivity contribution < 1.29 is 8.42 Å². The second kappa shape index (κ2) is 4.54. The van der Waals surface area contributed by atoms with Crippen LogP contribution in [0.15, 0.2) is 0 Å². The smallest absolute Gasteiger partial charge is 0.214 e. The van der Waals surface area contributed by atoms with Gasteiger partial charge in [0.1, 0.15) is 0 Å². The van der Waals surface area contributed by atoms with Crippen LogP contribution in [0.4, 0.5) is 0 Å². The molecule has 0 unspecified atom stereocenters. The third-order valence-corrected chi connectivity index (χ3v) is 7.09. The van der Waals surface area contributed by atoms with E-state index in [9.17, 15) is 8.42 Å². The van der Waals surface area contributed by atoms with Crippen LogP contribution >= 0.6 is 0 Å². The van der Waals surface area contributed by atoms with E-state index in [1.165, 1.54) is 25.7 Å². The fraction of sp³-hybridized carbons (Fsp3) is 1.00. The molecule has 17 heavy (non-hydrogen) atoms. The molecule has 3 nitrogen and oxygen atoms in total. The average Bonchev–Trinajstić information content (AvgIpc) is 3.02. The van der Waals surface area contributed by atoms with Gasteiger partial charge in [0.15, 0.2) is 0 Å². The maximum atomic E-state index is 12.1. The molecule has 0 aliphatic heterocycles. The van der Waals surface area contributed by atoms with Crippen LogP contribution in [-0.4, -0.2) is 20.2 Å². The van der Waals surface area contributed by atoms with E-state index in [0.29, 0.717) is 12.5 Å². The zero-order valence-corrected chi connectivity index (χ0v) is 11.2. The van der Waals surface area contributed by atoms with Gasteiger partial charge < -0.3 is 0 Å². The highest BCUT2D eigenvalue weighted by molar-refractivity contribution is 7.90. The summed E-state index contributed by atoms with van der Waals surface area (Å²) in [6.45, 7) is 0.708. The molecule has 98 valence electrons. The Hall–Kier alpha value is -0.0900. The van der Waals surface area contributed by atoms with Gasteiger partial charge in [-0.1, -0.05) is 19.3 Å². The predicted molar refractivity (Wildman–Crippen MR) is 68.1 cm³/mol. The normalized spacial score (nSPS) is 38.0. The first kappa shape index (κ1) is 12.0. The van der Waals surface area contributed by atoms with Gasteiger partial charge in [0.2, 0.25) is 10.0 Å². The highest BCUT2D eigenvalue weighted by Crippen LogP contribution is 2.48. The van der Waals surface area contributed by atoms with Crippen molar-refractivity contribution in [3.63, 3.8) is 0 Å². The number of hydrogen-bond donors (Lipinski definition) is 1. The van der Waals surface area contributed by atoms with Gasteiger partial charge in [-0.15, -0.1) is 0 Å². The van der Waals surface area contributed by atoms with Crippen molar-refractivity contribution in [2.45, 2.75) is 56.6 Å². The zero-order chi connectivity index (χ0) is 11.9. The van der Waals surface area contributed by atoms with Crippen LogP contribution < -0.4 is 4.72 Å². The predicted octanol–water partition coefficient (Wildman–Crippen LogP) is 2.28. The molecular weight excluding hydrogens is 234 g/mol. The second-order valence-electron chi connectivity index (χ2n) is 6.23. The van der Waals surface area contributed by atoms with E-state index in [0.717, 1.165) is 37.5 Å². The van der Waals surface area contributed by atoms with Gasteiger partial charge >= 0.3 is 0 Å². The monoisotopic (exact) mass is 257 g/mol. The Bertz CT molecular complexity index is 373. The van der Waals surface area contributed by atoms with Crippen LogP contribution in [0.2, 0.25) is 0 Å². The summed E-state index contributed by atoms with van der Waals surface area (Å²) in [6.07, 6.45) is 9.24. The minimum Gasteiger partial charge on any atom is -0.215 e. The Kier molecular flexibility index (Phi) is 3.20. The lowest BCUT2D eigenvalue weighted by Crippen LogP contribution is -2.37. The Morgan fingerprint density at radius 2 is 1.76 bits per heavy atom. The molecule has 3 aliphatic carbocycles. The number of nitrogens with one attached hydrogen (secondary N) is 1. The first-order valence-corrected chi connectivity index (χ1v) is 8.68. The van der Waals surface area contributed by atoms with Crippen LogP contribution in [0.3, 0.4) is 0 Å². The molecule has 1 N–H and O–H groups in total. The van der Waals surface area contributed by atoms with Crippen LogP contribution in [0, 0.1) is 17.8 Å². The summed E-state index contributed by atoms with van der Waals surface area (Å²) in [5.74, 6) is 2.34. The molecule has 3 rings (SSSR count). The van der Waals surface area contributed by atoms with Gasteiger partial charge in [0.05, 0.1) is 5.25 Å². The number of rotatable bonds is 4. The quantitative estimate of drug-likeness (QED) is 0.840. The van der Waals surface area contributed by atoms with E-state index < -0.39 is 10.0 Å². The summed E-state index contributed by atoms with van der Waals surface area (Å²) in [5.41, 5.74) is 0. The van der Waals surface area contributed by atoms with E-state index in [-0.39, 0.29) is 5.25 Å². The third kappa shape index (κ3) is 2.39. The molecular formula is C13H23NO2S. The van der Waals surface area contributed by atoms with Crippen molar-refractivity contribution in [3.05, 3.63) is 0 Å². The Morgan fingerprint density at radius 1 is 1.00 bits per heavy atom. The Labute approximate surface area is 104 Å². The summed E-state index contributed by atoms with van der Waals surface area (Å²) >= 11 is 0. The van der Waals surface area contributed by atoms with E-state index in [4.69, 9.17) is 0 Å². The maximum absolute atomic E-state index is 12.1. The zero-order valence-electron chi connectivity index (χ0n) is 10.4. The summed E-state index contributed by atoms with van der Waals surface area (Å²) in [6, 6.07) is 0. The third-order valence-electron chi connectivity index (χ3n) is 5.17. The summed E-state index contributed by atoms with van der Waals surface area (Å²) in [4.78, 5) is 0. The highest BCUT2D eigenvalue weighted by atomic mass is 32.2. The Balaban J connectivity index is 1.53. The van der Waals surface area contributed by atoms with Crippen LogP contribution in [0.25, 0.3) is 0 Å². The minimum absolute atomic E-state index is 0.0962. The van der Waals surface area contributed by atoms with Gasteiger partial charge in [-0.2, -0.15) is 0 Å². The van der Waals surface area contributed by atoms with Crippen molar-refractivity contribution >= 4 is 10.0 Å². The van der Waals surface area contributed by atoms with E-state index in [2.05, 4.69) is 4.72 Å². The van der Waals surface area contributed by atoms with Crippen LogP contribution in [0.5, 0.6) is 0 Å². The molecule has 3 aliphatic rings. The summed E-state index contributed by atoms with van der Waals surface area (Å²) < 4.78 is 27.1. The molecule has 0 spiro atoms. The molecule has 0 aromatic heterocycles. The van der Waals surface area contributed by atoms with Crippen molar-refractivity contribution in [2.75, 3.05) is 6.54 Å². The lowest BCUT2D eigenvalue weighted by Gasteiger charge is -2.22. The van der Waals surface area contributed by atoms with Gasteiger partial charge in [-0.05, 0) is 49.9 Å². The van der Waals surface area contributed by atoms with Crippen molar-refractivity contribution in [3.8, 4) is 0 Å². The molecule has 0 saturated heterocycles. The number of hydrogen-bond acceptors (Lipinski definition) is 2. The van der Waals surface area contributed by atoms with Gasteiger partial charge in [0.25, 0.3) is 0 Å². The number of fused-ring (bicyclic) bond motifs is 2. The minimum atomic E-state index is -3.01. The molecule has 2 bridgehead atoms. The van der Waals surface area contributed by atoms with Crippen molar-refractivity contribution in [1.29, 1.82) is 0 Å². The largest absolute Gasteiger partial charge is 0.215 e. The molecule has 0 amide bonds. The molecule has 0 aromatic rings. The molecule has 3 saturated carbocycles. The van der Waals surface area contributed by atoms with Crippen LogP contribution in [-0.2, 0) is 10.0 Å². The standard InChI is InChI=1S/C13H23NO2S/c15-17(16,13-3-1-2-4-13)14-9-12-8-10-5-6-11(12)7-10/h10-14H,1-9H2/t10-,11-,12+/m1/s1. The summed E-state index contributed by atoms with van der Waals surface area (Å²) in [5, 5.41) is -0.0962. The van der Waals surface area contributed by atoms with Gasteiger partial charge in [0, 0.05) is 6.54 Å². The van der Waals surface area contributed by atoms with E-state index in [1.807, 2.05) is 0 Å². The molecule has 3 atom stereocenters. The molecule has 0 heterocycles. The summed E-state index contributed by atoms with van der Waals surface area (Å²) in [7, 11) is -3.01. The molecule has 4 heteroatoms. The Morgan fingerprint density at radius 3 is 2.35 bits per heavy atom. The maximum Gasteiger partial charge on any atom is 0.214 e. The van der Waals surface area contributed by atoms with E-state index in [1.54, 1.807) is 0 Å². The van der Waals surface area contributed by atoms with E-state index >= 15 is 0 Å².